The van der Waals surface area contributed by atoms with Gasteiger partial charge in [0, 0.05) is 23.7 Å². The van der Waals surface area contributed by atoms with Gasteiger partial charge >= 0.3 is 0 Å². The Hall–Kier alpha value is -2.56. The first-order valence-electron chi connectivity index (χ1n) is 6.69. The molecule has 21 heavy (non-hydrogen) atoms. The van der Waals surface area contributed by atoms with Gasteiger partial charge in [-0.3, -0.25) is 4.68 Å². The fourth-order valence-electron chi connectivity index (χ4n) is 2.55. The highest BCUT2D eigenvalue weighted by atomic mass is 16.5. The van der Waals surface area contributed by atoms with Crippen LogP contribution in [0.15, 0.2) is 24.3 Å². The van der Waals surface area contributed by atoms with Crippen molar-refractivity contribution in [2.24, 2.45) is 7.05 Å². The summed E-state index contributed by atoms with van der Waals surface area (Å²) >= 11 is 0. The Morgan fingerprint density at radius 3 is 2.62 bits per heavy atom. The maximum absolute atomic E-state index is 9.91. The van der Waals surface area contributed by atoms with Crippen molar-refractivity contribution < 1.29 is 9.84 Å². The Bertz CT molecular complexity index is 837. The second-order valence-electron chi connectivity index (χ2n) is 5.12. The van der Waals surface area contributed by atoms with Crippen molar-refractivity contribution in [3.8, 4) is 22.8 Å². The van der Waals surface area contributed by atoms with Crippen LogP contribution in [-0.4, -0.2) is 27.0 Å². The van der Waals surface area contributed by atoms with Crippen molar-refractivity contribution in [2.75, 3.05) is 7.11 Å². The minimum atomic E-state index is 0.103. The molecule has 1 N–H and O–H groups in total. The number of aromatic hydroxyl groups is 1. The maximum atomic E-state index is 9.91. The molecule has 0 aliphatic rings. The van der Waals surface area contributed by atoms with Crippen LogP contribution in [0.2, 0.25) is 0 Å². The number of phenolic OH excluding ortho intramolecular Hbond substituents is 1. The van der Waals surface area contributed by atoms with E-state index in [9.17, 15) is 5.11 Å². The summed E-state index contributed by atoms with van der Waals surface area (Å²) in [5, 5.41) is 15.4. The predicted octanol–water partition coefficient (Wildman–Crippen LogP) is 2.97. The van der Waals surface area contributed by atoms with Crippen molar-refractivity contribution in [2.45, 2.75) is 13.8 Å². The number of phenols is 1. The van der Waals surface area contributed by atoms with E-state index in [1.807, 2.05) is 37.7 Å². The average molecular weight is 283 g/mol. The molecule has 0 spiro atoms. The molecule has 108 valence electrons. The Labute approximate surface area is 122 Å². The van der Waals surface area contributed by atoms with Crippen LogP contribution in [0.5, 0.6) is 11.5 Å². The highest BCUT2D eigenvalue weighted by Crippen LogP contribution is 2.32. The molecule has 2 aromatic heterocycles. The van der Waals surface area contributed by atoms with Crippen molar-refractivity contribution >= 4 is 11.0 Å². The van der Waals surface area contributed by atoms with Gasteiger partial charge in [0.25, 0.3) is 0 Å². The summed E-state index contributed by atoms with van der Waals surface area (Å²) in [4.78, 5) is 4.60. The van der Waals surface area contributed by atoms with Crippen LogP contribution in [0.25, 0.3) is 22.3 Å². The van der Waals surface area contributed by atoms with Gasteiger partial charge in [0.2, 0.25) is 0 Å². The number of pyridine rings is 1. The van der Waals surface area contributed by atoms with Gasteiger partial charge in [-0.2, -0.15) is 5.10 Å². The Kier molecular flexibility index (Phi) is 3.05. The standard InChI is InChI=1S/C16H17N3O2/c1-9-7-12(11-5-6-14(21-4)13(20)8-11)17-16-15(9)10(2)19(3)18-16/h5-8,20H,1-4H3. The zero-order valence-corrected chi connectivity index (χ0v) is 12.5. The number of rotatable bonds is 2. The SMILES string of the molecule is COc1ccc(-c2cc(C)c3c(C)n(C)nc3n2)cc1O. The van der Waals surface area contributed by atoms with Crippen LogP contribution < -0.4 is 4.74 Å². The fourth-order valence-corrected chi connectivity index (χ4v) is 2.55. The first kappa shape index (κ1) is 13.4. The monoisotopic (exact) mass is 283 g/mol. The summed E-state index contributed by atoms with van der Waals surface area (Å²) in [5.74, 6) is 0.553. The Morgan fingerprint density at radius 1 is 1.19 bits per heavy atom. The third-order valence-corrected chi connectivity index (χ3v) is 3.76. The van der Waals surface area contributed by atoms with Crippen LogP contribution in [0.1, 0.15) is 11.3 Å². The molecule has 0 atom stereocenters. The highest BCUT2D eigenvalue weighted by Gasteiger charge is 2.12. The molecule has 2 heterocycles. The van der Waals surface area contributed by atoms with Gasteiger partial charge in [-0.25, -0.2) is 4.98 Å². The number of aryl methyl sites for hydroxylation is 3. The lowest BCUT2D eigenvalue weighted by atomic mass is 10.1. The van der Waals surface area contributed by atoms with Gasteiger partial charge in [-0.15, -0.1) is 0 Å². The van der Waals surface area contributed by atoms with Crippen LogP contribution in [0.3, 0.4) is 0 Å². The van der Waals surface area contributed by atoms with Gasteiger partial charge in [0.1, 0.15) is 0 Å². The molecule has 0 aliphatic carbocycles. The molecule has 0 fully saturated rings. The van der Waals surface area contributed by atoms with E-state index in [0.29, 0.717) is 5.75 Å². The molecule has 0 radical (unpaired) electrons. The van der Waals surface area contributed by atoms with Crippen LogP contribution >= 0.6 is 0 Å². The predicted molar refractivity (Wildman–Crippen MR) is 81.6 cm³/mol. The molecule has 0 aliphatic heterocycles. The maximum Gasteiger partial charge on any atom is 0.182 e. The summed E-state index contributed by atoms with van der Waals surface area (Å²) in [6, 6.07) is 7.28. The Morgan fingerprint density at radius 2 is 1.95 bits per heavy atom. The van der Waals surface area contributed by atoms with Crippen molar-refractivity contribution in [1.29, 1.82) is 0 Å². The lowest BCUT2D eigenvalue weighted by molar-refractivity contribution is 0.373. The topological polar surface area (TPSA) is 60.2 Å². The van der Waals surface area contributed by atoms with Crippen LogP contribution in [0.4, 0.5) is 0 Å². The lowest BCUT2D eigenvalue weighted by Crippen LogP contribution is -1.91. The normalized spacial score (nSPS) is 11.0. The molecule has 5 nitrogen and oxygen atoms in total. The summed E-state index contributed by atoms with van der Waals surface area (Å²) in [5.41, 5.74) is 4.56. The number of methoxy groups -OCH3 is 1. The van der Waals surface area contributed by atoms with Gasteiger partial charge in [0.15, 0.2) is 17.1 Å². The minimum absolute atomic E-state index is 0.103. The van der Waals surface area contributed by atoms with E-state index in [2.05, 4.69) is 10.1 Å². The largest absolute Gasteiger partial charge is 0.504 e. The molecule has 0 bridgehead atoms. The Balaban J connectivity index is 2.19. The number of benzene rings is 1. The van der Waals surface area contributed by atoms with E-state index in [4.69, 9.17) is 4.74 Å². The fraction of sp³-hybridized carbons (Fsp3) is 0.250. The molecule has 0 unspecified atom stereocenters. The zero-order chi connectivity index (χ0) is 15.1. The molecule has 0 saturated heterocycles. The molecule has 3 rings (SSSR count). The third-order valence-electron chi connectivity index (χ3n) is 3.76. The lowest BCUT2D eigenvalue weighted by Gasteiger charge is -2.07. The second-order valence-corrected chi connectivity index (χ2v) is 5.12. The summed E-state index contributed by atoms with van der Waals surface area (Å²) in [7, 11) is 3.44. The molecule has 5 heteroatoms. The van der Waals surface area contributed by atoms with E-state index in [0.717, 1.165) is 33.5 Å². The second kappa shape index (κ2) is 4.77. The number of aromatic nitrogens is 3. The molecule has 0 saturated carbocycles. The van der Waals surface area contributed by atoms with Gasteiger partial charge in [-0.05, 0) is 43.7 Å². The highest BCUT2D eigenvalue weighted by molar-refractivity contribution is 5.84. The van der Waals surface area contributed by atoms with E-state index < -0.39 is 0 Å². The number of hydrogen-bond acceptors (Lipinski definition) is 4. The average Bonchev–Trinajstić information content (AvgIpc) is 2.74. The number of ether oxygens (including phenoxy) is 1. The summed E-state index contributed by atoms with van der Waals surface area (Å²) < 4.78 is 6.90. The van der Waals surface area contributed by atoms with Crippen LogP contribution in [0, 0.1) is 13.8 Å². The number of hydrogen-bond donors (Lipinski definition) is 1. The van der Waals surface area contributed by atoms with E-state index >= 15 is 0 Å². The van der Waals surface area contributed by atoms with Crippen molar-refractivity contribution in [3.63, 3.8) is 0 Å². The quantitative estimate of drug-likeness (QED) is 0.785. The van der Waals surface area contributed by atoms with Gasteiger partial charge in [-0.1, -0.05) is 0 Å². The summed E-state index contributed by atoms with van der Waals surface area (Å²) in [6.45, 7) is 4.08. The van der Waals surface area contributed by atoms with Crippen LogP contribution in [-0.2, 0) is 7.05 Å². The minimum Gasteiger partial charge on any atom is -0.504 e. The van der Waals surface area contributed by atoms with Crippen molar-refractivity contribution in [3.05, 3.63) is 35.5 Å². The molecular formula is C16H17N3O2. The number of fused-ring (bicyclic) bond motifs is 1. The van der Waals surface area contributed by atoms with Gasteiger partial charge in [0.05, 0.1) is 12.8 Å². The van der Waals surface area contributed by atoms with Gasteiger partial charge < -0.3 is 9.84 Å². The molecular weight excluding hydrogens is 266 g/mol. The summed E-state index contributed by atoms with van der Waals surface area (Å²) in [6.07, 6.45) is 0. The number of nitrogens with zero attached hydrogens (tertiary/aromatic N) is 3. The zero-order valence-electron chi connectivity index (χ0n) is 12.5. The van der Waals surface area contributed by atoms with E-state index in [1.54, 1.807) is 12.1 Å². The molecule has 0 amide bonds. The smallest absolute Gasteiger partial charge is 0.182 e. The van der Waals surface area contributed by atoms with Crippen molar-refractivity contribution in [1.82, 2.24) is 14.8 Å². The van der Waals surface area contributed by atoms with E-state index in [1.165, 1.54) is 7.11 Å². The first-order valence-corrected chi connectivity index (χ1v) is 6.69. The molecule has 1 aromatic carbocycles. The molecule has 3 aromatic rings. The first-order chi connectivity index (χ1) is 10.0. The van der Waals surface area contributed by atoms with E-state index in [-0.39, 0.29) is 5.75 Å². The third kappa shape index (κ3) is 2.11.